The van der Waals surface area contributed by atoms with Crippen LogP contribution in [0.4, 0.5) is 5.69 Å². The minimum atomic E-state index is -3.59. The monoisotopic (exact) mass is 451 g/mol. The van der Waals surface area contributed by atoms with Crippen molar-refractivity contribution >= 4 is 39.3 Å². The van der Waals surface area contributed by atoms with Gasteiger partial charge >= 0.3 is 0 Å². The van der Waals surface area contributed by atoms with Crippen molar-refractivity contribution in [3.05, 3.63) is 18.2 Å². The Morgan fingerprint density at radius 1 is 1.13 bits per heavy atom. The maximum Gasteiger partial charge on any atom is 0.243 e. The first kappa shape index (κ1) is 21.6. The van der Waals surface area contributed by atoms with E-state index in [1.54, 1.807) is 18.2 Å². The van der Waals surface area contributed by atoms with Crippen molar-refractivity contribution in [2.45, 2.75) is 42.9 Å². The predicted molar refractivity (Wildman–Crippen MR) is 117 cm³/mol. The number of hydrogen-bond acceptors (Lipinski definition) is 5. The predicted octanol–water partition coefficient (Wildman–Crippen LogP) is 2.41. The molecule has 1 aromatic rings. The van der Waals surface area contributed by atoms with Crippen LogP contribution in [-0.4, -0.2) is 67.9 Å². The lowest BCUT2D eigenvalue weighted by Crippen LogP contribution is -2.49. The van der Waals surface area contributed by atoms with Crippen LogP contribution >= 0.6 is 11.8 Å². The fourth-order valence-electron chi connectivity index (χ4n) is 4.70. The summed E-state index contributed by atoms with van der Waals surface area (Å²) in [5.74, 6) is 0.900. The molecule has 3 aliphatic rings. The summed E-state index contributed by atoms with van der Waals surface area (Å²) < 4.78 is 27.5. The number of carbonyl (C=O) groups excluding carboxylic acids is 2. The maximum absolute atomic E-state index is 13.0. The van der Waals surface area contributed by atoms with Crippen LogP contribution in [0.2, 0.25) is 0 Å². The van der Waals surface area contributed by atoms with Gasteiger partial charge in [-0.3, -0.25) is 9.59 Å². The largest absolute Gasteiger partial charge is 0.341 e. The average Bonchev–Trinajstić information content (AvgIpc) is 3.24. The molecule has 7 nitrogen and oxygen atoms in total. The van der Waals surface area contributed by atoms with Crippen molar-refractivity contribution in [3.63, 3.8) is 0 Å². The molecule has 0 aromatic heterocycles. The molecule has 0 spiro atoms. The first-order valence-electron chi connectivity index (χ1n) is 10.6. The van der Waals surface area contributed by atoms with Gasteiger partial charge in [-0.2, -0.15) is 4.31 Å². The molecule has 0 radical (unpaired) electrons. The average molecular weight is 452 g/mol. The molecule has 1 aromatic carbocycles. The Morgan fingerprint density at radius 2 is 1.80 bits per heavy atom. The number of likely N-dealkylation sites (tertiary alicyclic amines) is 1. The summed E-state index contributed by atoms with van der Waals surface area (Å²) in [5.41, 5.74) is 0.531. The minimum Gasteiger partial charge on any atom is -0.341 e. The van der Waals surface area contributed by atoms with Crippen LogP contribution in [0, 0.1) is 11.8 Å². The van der Waals surface area contributed by atoms with Gasteiger partial charge in [0.25, 0.3) is 0 Å². The quantitative estimate of drug-likeness (QED) is 0.703. The van der Waals surface area contributed by atoms with Crippen molar-refractivity contribution in [2.75, 3.05) is 43.4 Å². The van der Waals surface area contributed by atoms with E-state index in [0.717, 1.165) is 24.2 Å². The number of anilines is 1. The number of benzene rings is 1. The normalized spacial score (nSPS) is 25.5. The number of sulfonamides is 1. The van der Waals surface area contributed by atoms with Gasteiger partial charge in [0.05, 0.1) is 16.3 Å². The molecule has 3 heterocycles. The van der Waals surface area contributed by atoms with Gasteiger partial charge < -0.3 is 9.80 Å². The first-order chi connectivity index (χ1) is 14.3. The minimum absolute atomic E-state index is 0.0426. The lowest BCUT2D eigenvalue weighted by molar-refractivity contribution is -0.133. The van der Waals surface area contributed by atoms with Crippen molar-refractivity contribution in [1.29, 1.82) is 0 Å². The van der Waals surface area contributed by atoms with E-state index >= 15 is 0 Å². The highest BCUT2D eigenvalue weighted by atomic mass is 32.2. The number of thioether (sulfide) groups is 1. The van der Waals surface area contributed by atoms with E-state index in [9.17, 15) is 18.0 Å². The Balaban J connectivity index is 1.60. The number of nitrogens with zero attached hydrogens (tertiary/aromatic N) is 3. The smallest absolute Gasteiger partial charge is 0.243 e. The zero-order chi connectivity index (χ0) is 21.5. The van der Waals surface area contributed by atoms with Gasteiger partial charge in [-0.25, -0.2) is 8.42 Å². The molecule has 2 atom stereocenters. The highest BCUT2D eigenvalue weighted by Gasteiger charge is 2.33. The molecular weight excluding hydrogens is 422 g/mol. The lowest BCUT2D eigenvalue weighted by Gasteiger charge is -2.37. The van der Waals surface area contributed by atoms with Crippen molar-refractivity contribution in [2.24, 2.45) is 11.8 Å². The van der Waals surface area contributed by atoms with Crippen molar-refractivity contribution in [1.82, 2.24) is 9.21 Å². The van der Waals surface area contributed by atoms with E-state index in [1.807, 2.05) is 4.90 Å². The van der Waals surface area contributed by atoms with E-state index in [1.165, 1.54) is 21.0 Å². The number of rotatable bonds is 4. The molecule has 164 valence electrons. The molecule has 0 unspecified atom stereocenters. The highest BCUT2D eigenvalue weighted by molar-refractivity contribution is 8.00. The molecule has 0 N–H and O–H groups in total. The summed E-state index contributed by atoms with van der Waals surface area (Å²) in [6.45, 7) is 6.71. The molecule has 0 aliphatic carbocycles. The summed E-state index contributed by atoms with van der Waals surface area (Å²) >= 11 is 1.39. The third kappa shape index (κ3) is 4.24. The zero-order valence-electron chi connectivity index (χ0n) is 17.5. The molecule has 30 heavy (non-hydrogen) atoms. The van der Waals surface area contributed by atoms with E-state index in [4.69, 9.17) is 0 Å². The fraction of sp³-hybridized carbons (Fsp3) is 0.619. The summed E-state index contributed by atoms with van der Waals surface area (Å²) in [6, 6.07) is 4.95. The topological polar surface area (TPSA) is 78.0 Å². The second-order valence-electron chi connectivity index (χ2n) is 8.75. The SMILES string of the molecule is C[C@@H]1C[C@H](C)CN(C(=O)CN2C(=O)CSc3ccc(S(=O)(=O)N4CCCC4)cc32)C1. The maximum atomic E-state index is 13.0. The van der Waals surface area contributed by atoms with Gasteiger partial charge in [-0.1, -0.05) is 13.8 Å². The van der Waals surface area contributed by atoms with Crippen LogP contribution in [0.25, 0.3) is 0 Å². The number of carbonyl (C=O) groups is 2. The Kier molecular flexibility index (Phi) is 6.14. The number of amides is 2. The molecule has 4 rings (SSSR count). The van der Waals surface area contributed by atoms with Gasteiger partial charge in [-0.05, 0) is 49.3 Å². The van der Waals surface area contributed by atoms with Gasteiger partial charge in [0.1, 0.15) is 6.54 Å². The van der Waals surface area contributed by atoms with Crippen LogP contribution in [0.5, 0.6) is 0 Å². The molecule has 2 saturated heterocycles. The highest BCUT2D eigenvalue weighted by Crippen LogP contribution is 2.38. The standard InChI is InChI=1S/C21H29N3O4S2/c1-15-9-16(2)12-22(11-15)20(25)13-24-18-10-17(5-6-19(18)29-14-21(24)26)30(27,28)23-7-3-4-8-23/h5-6,10,15-16H,3-4,7-9,11-14H2,1-2H3/t15-,16+. The second kappa shape index (κ2) is 8.51. The van der Waals surface area contributed by atoms with Crippen molar-refractivity contribution in [3.8, 4) is 0 Å². The molecule has 2 amide bonds. The van der Waals surface area contributed by atoms with Crippen LogP contribution in [0.3, 0.4) is 0 Å². The second-order valence-corrected chi connectivity index (χ2v) is 11.7. The number of piperidine rings is 1. The lowest BCUT2D eigenvalue weighted by atomic mass is 9.92. The van der Waals surface area contributed by atoms with Crippen LogP contribution in [0.15, 0.2) is 28.0 Å². The van der Waals surface area contributed by atoms with Gasteiger partial charge in [-0.15, -0.1) is 11.8 Å². The fourth-order valence-corrected chi connectivity index (χ4v) is 7.15. The molecule has 0 bridgehead atoms. The Hall–Kier alpha value is -1.58. The number of hydrogen-bond donors (Lipinski definition) is 0. The summed E-state index contributed by atoms with van der Waals surface area (Å²) in [6.07, 6.45) is 2.83. The van der Waals surface area contributed by atoms with Gasteiger partial charge in [0.2, 0.25) is 21.8 Å². The Bertz CT molecular complexity index is 934. The van der Waals surface area contributed by atoms with Crippen LogP contribution in [-0.2, 0) is 19.6 Å². The Labute approximate surface area is 182 Å². The van der Waals surface area contributed by atoms with E-state index in [-0.39, 0.29) is 29.0 Å². The number of fused-ring (bicyclic) bond motifs is 1. The molecule has 3 aliphatic heterocycles. The summed E-state index contributed by atoms with van der Waals surface area (Å²) in [4.78, 5) is 30.0. The van der Waals surface area contributed by atoms with Crippen LogP contribution < -0.4 is 4.90 Å². The molecule has 9 heteroatoms. The third-order valence-corrected chi connectivity index (χ3v) is 9.03. The Morgan fingerprint density at radius 3 is 2.47 bits per heavy atom. The van der Waals surface area contributed by atoms with Crippen molar-refractivity contribution < 1.29 is 18.0 Å². The van der Waals surface area contributed by atoms with Gasteiger partial charge in [0, 0.05) is 31.1 Å². The van der Waals surface area contributed by atoms with E-state index < -0.39 is 10.0 Å². The van der Waals surface area contributed by atoms with E-state index in [2.05, 4.69) is 13.8 Å². The zero-order valence-corrected chi connectivity index (χ0v) is 19.2. The van der Waals surface area contributed by atoms with E-state index in [0.29, 0.717) is 43.7 Å². The first-order valence-corrected chi connectivity index (χ1v) is 13.0. The third-order valence-electron chi connectivity index (χ3n) is 6.09. The van der Waals surface area contributed by atoms with Crippen LogP contribution in [0.1, 0.15) is 33.1 Å². The molecular formula is C21H29N3O4S2. The van der Waals surface area contributed by atoms with Gasteiger partial charge in [0.15, 0.2) is 0 Å². The summed E-state index contributed by atoms with van der Waals surface area (Å²) in [7, 11) is -3.59. The molecule has 0 saturated carbocycles. The summed E-state index contributed by atoms with van der Waals surface area (Å²) in [5, 5.41) is 0. The molecule has 2 fully saturated rings.